The molecule has 86 valence electrons. The molecule has 0 aromatic heterocycles. The van der Waals surface area contributed by atoms with Crippen LogP contribution in [0.25, 0.3) is 0 Å². The van der Waals surface area contributed by atoms with E-state index in [0.717, 1.165) is 24.7 Å². The van der Waals surface area contributed by atoms with Gasteiger partial charge in [-0.05, 0) is 72.4 Å². The van der Waals surface area contributed by atoms with E-state index in [9.17, 15) is 0 Å². The number of hydrogen-bond acceptors (Lipinski definition) is 1. The molecule has 0 amide bonds. The number of allylic oxidation sites excluding steroid dienone is 1. The zero-order valence-electron chi connectivity index (χ0n) is 8.77. The summed E-state index contributed by atoms with van der Waals surface area (Å²) in [5, 5.41) is 0. The Balaban J connectivity index is 2.75. The van der Waals surface area contributed by atoms with Gasteiger partial charge in [0, 0.05) is 8.95 Å². The van der Waals surface area contributed by atoms with Crippen LogP contribution < -0.4 is 4.74 Å². The van der Waals surface area contributed by atoms with Gasteiger partial charge in [-0.2, -0.15) is 0 Å². The van der Waals surface area contributed by atoms with Crippen LogP contribution in [0.15, 0.2) is 49.9 Å². The molecule has 1 aromatic rings. The van der Waals surface area contributed by atoms with Gasteiger partial charge in [0.2, 0.25) is 0 Å². The zero-order valence-corrected chi connectivity index (χ0v) is 13.5. The number of hydrogen-bond donors (Lipinski definition) is 0. The Hall–Kier alpha value is -0.0600. The van der Waals surface area contributed by atoms with Crippen molar-refractivity contribution in [1.29, 1.82) is 0 Å². The second-order valence-electron chi connectivity index (χ2n) is 3.12. The van der Waals surface area contributed by atoms with Crippen LogP contribution in [0.3, 0.4) is 0 Å². The molecule has 0 aliphatic carbocycles. The van der Waals surface area contributed by atoms with Crippen LogP contribution in [0.4, 0.5) is 0 Å². The van der Waals surface area contributed by atoms with E-state index >= 15 is 0 Å². The highest BCUT2D eigenvalue weighted by molar-refractivity contribution is 9.14. The predicted molar refractivity (Wildman–Crippen MR) is 79.0 cm³/mol. The molecule has 0 aliphatic heterocycles. The van der Waals surface area contributed by atoms with Gasteiger partial charge >= 0.3 is 0 Å². The summed E-state index contributed by atoms with van der Waals surface area (Å²) in [7, 11) is 0. The van der Waals surface area contributed by atoms with Crippen molar-refractivity contribution >= 4 is 47.8 Å². The first-order valence-electron chi connectivity index (χ1n) is 4.63. The molecule has 0 heterocycles. The topological polar surface area (TPSA) is 9.23 Å². The maximum atomic E-state index is 5.64. The third-order valence-corrected chi connectivity index (χ3v) is 5.15. The lowest BCUT2D eigenvalue weighted by atomic mass is 10.3. The Morgan fingerprint density at radius 2 is 2.00 bits per heavy atom. The summed E-state index contributed by atoms with van der Waals surface area (Å²) in [6.45, 7) is 6.32. The molecule has 1 rings (SSSR count). The Bertz CT molecular complexity index is 425. The van der Waals surface area contributed by atoms with Crippen LogP contribution in [0, 0.1) is 0 Å². The highest BCUT2D eigenvalue weighted by atomic mass is 79.9. The standard InChI is InChI=1S/C12H11Br3O/c1-3-4-8(2)7-16-10-6-5-9(13)11(14)12(10)15/h3-6H,2,7H2,1H3. The Labute approximate surface area is 121 Å². The Morgan fingerprint density at radius 1 is 1.31 bits per heavy atom. The first-order chi connectivity index (χ1) is 7.56. The minimum atomic E-state index is 0.483. The summed E-state index contributed by atoms with van der Waals surface area (Å²) in [4.78, 5) is 0. The van der Waals surface area contributed by atoms with Crippen molar-refractivity contribution in [2.45, 2.75) is 6.92 Å². The summed E-state index contributed by atoms with van der Waals surface area (Å²) in [5.41, 5.74) is 0.938. The fourth-order valence-electron chi connectivity index (χ4n) is 1.07. The number of rotatable bonds is 4. The van der Waals surface area contributed by atoms with Gasteiger partial charge in [0.25, 0.3) is 0 Å². The molecule has 0 unspecified atom stereocenters. The fourth-order valence-corrected chi connectivity index (χ4v) is 2.46. The van der Waals surface area contributed by atoms with Crippen molar-refractivity contribution in [3.63, 3.8) is 0 Å². The molecule has 0 saturated heterocycles. The molecule has 1 nitrogen and oxygen atoms in total. The Kier molecular flexibility index (Phi) is 5.79. The Morgan fingerprint density at radius 3 is 2.62 bits per heavy atom. The molecule has 0 N–H and O–H groups in total. The van der Waals surface area contributed by atoms with Crippen LogP contribution >= 0.6 is 47.8 Å². The number of ether oxygens (including phenoxy) is 1. The van der Waals surface area contributed by atoms with Crippen molar-refractivity contribution in [3.05, 3.63) is 49.9 Å². The average Bonchev–Trinajstić information content (AvgIpc) is 2.25. The minimum Gasteiger partial charge on any atom is -0.488 e. The second-order valence-corrected chi connectivity index (χ2v) is 5.56. The van der Waals surface area contributed by atoms with Gasteiger partial charge in [-0.1, -0.05) is 18.7 Å². The largest absolute Gasteiger partial charge is 0.488 e. The zero-order chi connectivity index (χ0) is 12.1. The molecule has 0 bridgehead atoms. The first-order valence-corrected chi connectivity index (χ1v) is 7.01. The summed E-state index contributed by atoms with van der Waals surface area (Å²) >= 11 is 10.4. The van der Waals surface area contributed by atoms with Gasteiger partial charge in [-0.15, -0.1) is 0 Å². The summed E-state index contributed by atoms with van der Waals surface area (Å²) in [5.74, 6) is 0.792. The quantitative estimate of drug-likeness (QED) is 0.471. The van der Waals surface area contributed by atoms with Crippen LogP contribution in [0.5, 0.6) is 5.75 Å². The first kappa shape index (κ1) is 14.0. The van der Waals surface area contributed by atoms with Crippen LogP contribution in [-0.2, 0) is 0 Å². The van der Waals surface area contributed by atoms with E-state index in [1.165, 1.54) is 0 Å². The molecule has 4 heteroatoms. The minimum absolute atomic E-state index is 0.483. The number of halogens is 3. The molecule has 0 fully saturated rings. The van der Waals surface area contributed by atoms with Gasteiger partial charge in [0.05, 0.1) is 4.47 Å². The average molecular weight is 411 g/mol. The molecule has 0 saturated carbocycles. The number of benzene rings is 1. The molecular weight excluding hydrogens is 400 g/mol. The summed E-state index contributed by atoms with van der Waals surface area (Å²) < 4.78 is 8.47. The maximum Gasteiger partial charge on any atom is 0.135 e. The molecule has 1 aromatic carbocycles. The lowest BCUT2D eigenvalue weighted by Gasteiger charge is -2.10. The monoisotopic (exact) mass is 408 g/mol. The van der Waals surface area contributed by atoms with E-state index in [2.05, 4.69) is 54.4 Å². The summed E-state index contributed by atoms with van der Waals surface area (Å²) in [6.07, 6.45) is 3.88. The van der Waals surface area contributed by atoms with Crippen molar-refractivity contribution in [2.24, 2.45) is 0 Å². The van der Waals surface area contributed by atoms with E-state index in [0.29, 0.717) is 6.61 Å². The van der Waals surface area contributed by atoms with Crippen LogP contribution in [0.2, 0.25) is 0 Å². The molecule has 0 aliphatic rings. The van der Waals surface area contributed by atoms with Crippen molar-refractivity contribution in [3.8, 4) is 5.75 Å². The van der Waals surface area contributed by atoms with E-state index in [1.54, 1.807) is 0 Å². The maximum absolute atomic E-state index is 5.64. The smallest absolute Gasteiger partial charge is 0.135 e. The van der Waals surface area contributed by atoms with Crippen molar-refractivity contribution in [1.82, 2.24) is 0 Å². The van der Waals surface area contributed by atoms with E-state index in [-0.39, 0.29) is 0 Å². The normalized spacial score (nSPS) is 10.8. The van der Waals surface area contributed by atoms with Gasteiger partial charge in [-0.3, -0.25) is 0 Å². The highest BCUT2D eigenvalue weighted by Crippen LogP contribution is 2.37. The lowest BCUT2D eigenvalue weighted by molar-refractivity contribution is 0.353. The van der Waals surface area contributed by atoms with Gasteiger partial charge in [0.15, 0.2) is 0 Å². The van der Waals surface area contributed by atoms with Crippen molar-refractivity contribution in [2.75, 3.05) is 6.61 Å². The molecule has 0 radical (unpaired) electrons. The molecule has 0 spiro atoms. The van der Waals surface area contributed by atoms with E-state index in [1.807, 2.05) is 31.2 Å². The summed E-state index contributed by atoms with van der Waals surface area (Å²) in [6, 6.07) is 3.84. The van der Waals surface area contributed by atoms with E-state index < -0.39 is 0 Å². The SMILES string of the molecule is C=C(C=CC)COc1ccc(Br)c(Br)c1Br. The molecule has 16 heavy (non-hydrogen) atoms. The van der Waals surface area contributed by atoms with Crippen molar-refractivity contribution < 1.29 is 4.74 Å². The van der Waals surface area contributed by atoms with E-state index in [4.69, 9.17) is 4.74 Å². The second kappa shape index (κ2) is 6.62. The molecular formula is C12H11Br3O. The third-order valence-electron chi connectivity index (χ3n) is 1.82. The highest BCUT2D eigenvalue weighted by Gasteiger charge is 2.08. The third kappa shape index (κ3) is 3.75. The predicted octanol–water partition coefficient (Wildman–Crippen LogP) is 5.49. The van der Waals surface area contributed by atoms with Crippen LogP contribution in [-0.4, -0.2) is 6.61 Å². The van der Waals surface area contributed by atoms with Gasteiger partial charge in [-0.25, -0.2) is 0 Å². The molecule has 0 atom stereocenters. The van der Waals surface area contributed by atoms with Crippen LogP contribution in [0.1, 0.15) is 6.92 Å². The van der Waals surface area contributed by atoms with Gasteiger partial charge in [0.1, 0.15) is 12.4 Å². The van der Waals surface area contributed by atoms with Gasteiger partial charge < -0.3 is 4.74 Å². The lowest BCUT2D eigenvalue weighted by Crippen LogP contribution is -1.99. The fraction of sp³-hybridized carbons (Fsp3) is 0.167.